The molecule has 1 aliphatic heterocycles. The van der Waals surface area contributed by atoms with E-state index in [4.69, 9.17) is 25.8 Å². The monoisotopic (exact) mass is 417 g/mol. The molecule has 4 rings (SSSR count). The summed E-state index contributed by atoms with van der Waals surface area (Å²) in [5.41, 5.74) is 1.78. The minimum absolute atomic E-state index is 0.142. The lowest BCUT2D eigenvalue weighted by Gasteiger charge is -2.22. The van der Waals surface area contributed by atoms with Crippen molar-refractivity contribution in [2.45, 2.75) is 17.7 Å². The Kier molecular flexibility index (Phi) is 6.17. The van der Waals surface area contributed by atoms with Gasteiger partial charge in [-0.2, -0.15) is 0 Å². The van der Waals surface area contributed by atoms with Gasteiger partial charge in [-0.15, -0.1) is 10.2 Å². The molecular formula is C20H20ClN3O3S. The Morgan fingerprint density at radius 3 is 2.71 bits per heavy atom. The molecule has 2 heterocycles. The van der Waals surface area contributed by atoms with Gasteiger partial charge in [-0.1, -0.05) is 35.5 Å². The van der Waals surface area contributed by atoms with Crippen molar-refractivity contribution in [1.29, 1.82) is 0 Å². The van der Waals surface area contributed by atoms with Crippen molar-refractivity contribution in [1.82, 2.24) is 14.8 Å². The number of methoxy groups -OCH3 is 1. The smallest absolute Gasteiger partial charge is 0.196 e. The summed E-state index contributed by atoms with van der Waals surface area (Å²) in [6, 6.07) is 15.4. The van der Waals surface area contributed by atoms with Gasteiger partial charge in [-0.25, -0.2) is 0 Å². The van der Waals surface area contributed by atoms with Gasteiger partial charge in [-0.3, -0.25) is 4.57 Å². The van der Waals surface area contributed by atoms with Crippen molar-refractivity contribution in [3.8, 4) is 22.8 Å². The average molecular weight is 418 g/mol. The predicted octanol–water partition coefficient (Wildman–Crippen LogP) is 4.45. The first kappa shape index (κ1) is 19.3. The molecule has 0 N–H and O–H groups in total. The van der Waals surface area contributed by atoms with Crippen LogP contribution in [0, 0.1) is 0 Å². The molecule has 0 radical (unpaired) electrons. The van der Waals surface area contributed by atoms with Gasteiger partial charge >= 0.3 is 0 Å². The zero-order valence-corrected chi connectivity index (χ0v) is 16.9. The van der Waals surface area contributed by atoms with E-state index in [9.17, 15) is 0 Å². The molecule has 1 saturated heterocycles. The second kappa shape index (κ2) is 8.96. The molecule has 146 valence electrons. The Morgan fingerprint density at radius 2 is 2.00 bits per heavy atom. The van der Waals surface area contributed by atoms with Gasteiger partial charge in [0.05, 0.1) is 24.8 Å². The Hall–Kier alpha value is -2.06. The number of rotatable bonds is 6. The fourth-order valence-electron chi connectivity index (χ4n) is 2.94. The average Bonchev–Trinajstić information content (AvgIpc) is 3.17. The summed E-state index contributed by atoms with van der Waals surface area (Å²) in [6.45, 7) is 1.07. The van der Waals surface area contributed by atoms with E-state index in [0.717, 1.165) is 40.9 Å². The van der Waals surface area contributed by atoms with Gasteiger partial charge in [0.15, 0.2) is 11.0 Å². The van der Waals surface area contributed by atoms with Gasteiger partial charge < -0.3 is 14.2 Å². The first-order valence-corrected chi connectivity index (χ1v) is 10.3. The molecule has 1 atom stereocenters. The maximum absolute atomic E-state index is 6.43. The number of hydrogen-bond acceptors (Lipinski definition) is 6. The van der Waals surface area contributed by atoms with Crippen LogP contribution in [-0.4, -0.2) is 47.1 Å². The summed E-state index contributed by atoms with van der Waals surface area (Å²) in [5, 5.41) is 10.3. The standard InChI is InChI=1S/C20H20ClN3O3S/c1-25-15-8-6-14(7-9-15)24-19(17-4-2-3-5-18(17)21)22-23-20(24)28-12-16-10-11-26-13-27-16/h2-9,16H,10-13H2,1H3/t16-/m0/s1. The van der Waals surface area contributed by atoms with Crippen molar-refractivity contribution < 1.29 is 14.2 Å². The summed E-state index contributed by atoms with van der Waals surface area (Å²) in [6.07, 6.45) is 1.02. The van der Waals surface area contributed by atoms with E-state index in [1.54, 1.807) is 18.9 Å². The van der Waals surface area contributed by atoms with Crippen LogP contribution in [0.15, 0.2) is 53.7 Å². The van der Waals surface area contributed by atoms with Crippen molar-refractivity contribution in [2.75, 3.05) is 26.3 Å². The van der Waals surface area contributed by atoms with Gasteiger partial charge in [0.1, 0.15) is 12.5 Å². The molecular weight excluding hydrogens is 398 g/mol. The quantitative estimate of drug-likeness (QED) is 0.552. The normalized spacial score (nSPS) is 16.9. The fourth-order valence-corrected chi connectivity index (χ4v) is 4.18. The lowest BCUT2D eigenvalue weighted by atomic mass is 10.2. The summed E-state index contributed by atoms with van der Waals surface area (Å²) >= 11 is 8.05. The van der Waals surface area contributed by atoms with E-state index in [1.807, 2.05) is 53.1 Å². The van der Waals surface area contributed by atoms with Crippen LogP contribution in [0.1, 0.15) is 6.42 Å². The van der Waals surface area contributed by atoms with Gasteiger partial charge in [0.2, 0.25) is 0 Å². The van der Waals surface area contributed by atoms with Crippen LogP contribution in [-0.2, 0) is 9.47 Å². The number of aromatic nitrogens is 3. The third kappa shape index (κ3) is 4.17. The second-order valence-corrected chi connectivity index (χ2v) is 7.63. The summed E-state index contributed by atoms with van der Waals surface area (Å²) in [4.78, 5) is 0. The number of nitrogens with zero attached hydrogens (tertiary/aromatic N) is 3. The van der Waals surface area contributed by atoms with E-state index >= 15 is 0 Å². The van der Waals surface area contributed by atoms with Crippen molar-refractivity contribution in [2.24, 2.45) is 0 Å². The zero-order chi connectivity index (χ0) is 19.3. The largest absolute Gasteiger partial charge is 0.497 e. The number of halogens is 1. The minimum atomic E-state index is 0.142. The molecule has 3 aromatic rings. The molecule has 0 bridgehead atoms. The highest BCUT2D eigenvalue weighted by atomic mass is 35.5. The molecule has 8 heteroatoms. The van der Waals surface area contributed by atoms with Gasteiger partial charge in [0, 0.05) is 17.0 Å². The van der Waals surface area contributed by atoms with Gasteiger partial charge in [0.25, 0.3) is 0 Å². The highest BCUT2D eigenvalue weighted by molar-refractivity contribution is 7.99. The molecule has 0 saturated carbocycles. The van der Waals surface area contributed by atoms with Crippen LogP contribution in [0.3, 0.4) is 0 Å². The number of ether oxygens (including phenoxy) is 3. The lowest BCUT2D eigenvalue weighted by Crippen LogP contribution is -2.25. The molecule has 0 spiro atoms. The molecule has 2 aromatic carbocycles. The predicted molar refractivity (Wildman–Crippen MR) is 109 cm³/mol. The van der Waals surface area contributed by atoms with Crippen LogP contribution < -0.4 is 4.74 Å². The van der Waals surface area contributed by atoms with Crippen molar-refractivity contribution in [3.63, 3.8) is 0 Å². The van der Waals surface area contributed by atoms with Crippen LogP contribution in [0.4, 0.5) is 0 Å². The molecule has 1 aromatic heterocycles. The summed E-state index contributed by atoms with van der Waals surface area (Å²) in [5.74, 6) is 2.27. The Morgan fingerprint density at radius 1 is 1.18 bits per heavy atom. The Labute approximate surface area is 172 Å². The number of thioether (sulfide) groups is 1. The highest BCUT2D eigenvalue weighted by Crippen LogP contribution is 2.33. The van der Waals surface area contributed by atoms with E-state index < -0.39 is 0 Å². The van der Waals surface area contributed by atoms with E-state index in [1.165, 1.54) is 0 Å². The molecule has 1 aliphatic rings. The summed E-state index contributed by atoms with van der Waals surface area (Å²) in [7, 11) is 1.65. The van der Waals surface area contributed by atoms with Crippen LogP contribution in [0.25, 0.3) is 17.1 Å². The fraction of sp³-hybridized carbons (Fsp3) is 0.300. The third-order valence-corrected chi connectivity index (χ3v) is 5.84. The maximum Gasteiger partial charge on any atom is 0.196 e. The zero-order valence-electron chi connectivity index (χ0n) is 15.4. The van der Waals surface area contributed by atoms with E-state index in [-0.39, 0.29) is 6.10 Å². The Bertz CT molecular complexity index is 927. The topological polar surface area (TPSA) is 58.4 Å². The second-order valence-electron chi connectivity index (χ2n) is 6.23. The number of benzene rings is 2. The first-order valence-electron chi connectivity index (χ1n) is 8.93. The molecule has 6 nitrogen and oxygen atoms in total. The van der Waals surface area contributed by atoms with E-state index in [2.05, 4.69) is 10.2 Å². The van der Waals surface area contributed by atoms with Crippen LogP contribution >= 0.6 is 23.4 Å². The molecule has 0 unspecified atom stereocenters. The molecule has 1 fully saturated rings. The van der Waals surface area contributed by atoms with Crippen LogP contribution in [0.2, 0.25) is 5.02 Å². The SMILES string of the molecule is COc1ccc(-n2c(SC[C@@H]3CCOCO3)nnc2-c2ccccc2Cl)cc1. The maximum atomic E-state index is 6.43. The lowest BCUT2D eigenvalue weighted by molar-refractivity contribution is -0.130. The molecule has 28 heavy (non-hydrogen) atoms. The van der Waals surface area contributed by atoms with Gasteiger partial charge in [-0.05, 0) is 42.8 Å². The van der Waals surface area contributed by atoms with Crippen molar-refractivity contribution in [3.05, 3.63) is 53.6 Å². The number of hydrogen-bond donors (Lipinski definition) is 0. The van der Waals surface area contributed by atoms with E-state index in [0.29, 0.717) is 17.6 Å². The highest BCUT2D eigenvalue weighted by Gasteiger charge is 2.21. The summed E-state index contributed by atoms with van der Waals surface area (Å²) < 4.78 is 18.2. The minimum Gasteiger partial charge on any atom is -0.497 e. The van der Waals surface area contributed by atoms with Crippen LogP contribution in [0.5, 0.6) is 5.75 Å². The van der Waals surface area contributed by atoms with Crippen molar-refractivity contribution >= 4 is 23.4 Å². The third-order valence-electron chi connectivity index (χ3n) is 4.45. The Balaban J connectivity index is 1.70. The molecule has 0 aliphatic carbocycles. The molecule has 0 amide bonds. The first-order chi connectivity index (χ1) is 13.8.